The fourth-order valence-electron chi connectivity index (χ4n) is 1.61. The van der Waals surface area contributed by atoms with Gasteiger partial charge in [-0.25, -0.2) is 15.8 Å². The van der Waals surface area contributed by atoms with E-state index in [1.165, 1.54) is 13.4 Å². The van der Waals surface area contributed by atoms with Crippen LogP contribution in [0, 0.1) is 6.92 Å². The Morgan fingerprint density at radius 2 is 2.06 bits per heavy atom. The lowest BCUT2D eigenvalue weighted by atomic mass is 10.4. The molecular weight excluding hydrogens is 234 g/mol. The fourth-order valence-corrected chi connectivity index (χ4v) is 1.61. The molecule has 0 atom stereocenters. The van der Waals surface area contributed by atoms with Gasteiger partial charge in [-0.15, -0.1) is 0 Å². The van der Waals surface area contributed by atoms with Gasteiger partial charge in [0.05, 0.1) is 18.5 Å². The van der Waals surface area contributed by atoms with E-state index < -0.39 is 0 Å². The van der Waals surface area contributed by atoms with E-state index in [2.05, 4.69) is 25.8 Å². The average molecular weight is 249 g/mol. The molecule has 0 saturated heterocycles. The Kier molecular flexibility index (Phi) is 3.28. The van der Waals surface area contributed by atoms with Crippen molar-refractivity contribution in [2.75, 3.05) is 17.9 Å². The largest absolute Gasteiger partial charge is 0.490 e. The number of nitrogens with one attached hydrogen (secondary N) is 2. The van der Waals surface area contributed by atoms with Crippen LogP contribution in [-0.2, 0) is 7.05 Å². The molecule has 2 heterocycles. The monoisotopic (exact) mass is 249 g/mol. The van der Waals surface area contributed by atoms with Crippen LogP contribution in [0.1, 0.15) is 5.69 Å². The van der Waals surface area contributed by atoms with Gasteiger partial charge in [0.15, 0.2) is 11.6 Å². The maximum absolute atomic E-state index is 5.36. The molecule has 0 aromatic carbocycles. The summed E-state index contributed by atoms with van der Waals surface area (Å²) in [5.74, 6) is 6.74. The molecule has 2 aromatic rings. The van der Waals surface area contributed by atoms with Crippen molar-refractivity contribution in [3.63, 3.8) is 0 Å². The van der Waals surface area contributed by atoms with Crippen LogP contribution in [-0.4, -0.2) is 26.9 Å². The van der Waals surface area contributed by atoms with Gasteiger partial charge in [0.25, 0.3) is 0 Å². The zero-order valence-corrected chi connectivity index (χ0v) is 10.4. The minimum absolute atomic E-state index is 0.413. The third-order valence-electron chi connectivity index (χ3n) is 2.41. The average Bonchev–Trinajstić information content (AvgIpc) is 2.67. The maximum atomic E-state index is 5.36. The number of aromatic nitrogens is 4. The Bertz CT molecular complexity index is 551. The number of anilines is 3. The number of aryl methyl sites for hydroxylation is 2. The summed E-state index contributed by atoms with van der Waals surface area (Å²) in [7, 11) is 3.38. The van der Waals surface area contributed by atoms with Crippen LogP contribution in [0.3, 0.4) is 0 Å². The second-order valence-corrected chi connectivity index (χ2v) is 3.68. The van der Waals surface area contributed by atoms with E-state index in [0.717, 1.165) is 11.4 Å². The molecule has 0 aliphatic carbocycles. The van der Waals surface area contributed by atoms with E-state index in [1.54, 1.807) is 4.68 Å². The molecule has 0 aliphatic rings. The van der Waals surface area contributed by atoms with E-state index in [4.69, 9.17) is 10.6 Å². The number of methoxy groups -OCH3 is 1. The Labute approximate surface area is 104 Å². The van der Waals surface area contributed by atoms with Crippen LogP contribution in [0.15, 0.2) is 12.5 Å². The smallest absolute Gasteiger partial charge is 0.205 e. The van der Waals surface area contributed by atoms with E-state index in [-0.39, 0.29) is 0 Å². The van der Waals surface area contributed by atoms with Gasteiger partial charge in [0.1, 0.15) is 6.33 Å². The molecular formula is C10H15N7O. The van der Waals surface area contributed by atoms with Crippen LogP contribution >= 0.6 is 0 Å². The molecule has 0 spiro atoms. The predicted octanol–water partition coefficient (Wildman–Crippen LogP) is 0.556. The highest BCUT2D eigenvalue weighted by Crippen LogP contribution is 2.31. The molecule has 0 amide bonds. The number of nitrogens with zero attached hydrogens (tertiary/aromatic N) is 4. The van der Waals surface area contributed by atoms with E-state index in [0.29, 0.717) is 17.4 Å². The summed E-state index contributed by atoms with van der Waals surface area (Å²) < 4.78 is 6.94. The molecule has 0 saturated carbocycles. The Hall–Kier alpha value is -2.35. The first kappa shape index (κ1) is 12.1. The fraction of sp³-hybridized carbons (Fsp3) is 0.300. The van der Waals surface area contributed by atoms with Crippen molar-refractivity contribution in [3.8, 4) is 5.75 Å². The van der Waals surface area contributed by atoms with Gasteiger partial charge >= 0.3 is 0 Å². The maximum Gasteiger partial charge on any atom is 0.205 e. The molecule has 96 valence electrons. The van der Waals surface area contributed by atoms with Crippen molar-refractivity contribution in [2.24, 2.45) is 12.9 Å². The minimum Gasteiger partial charge on any atom is -0.490 e. The minimum atomic E-state index is 0.413. The molecule has 0 unspecified atom stereocenters. The van der Waals surface area contributed by atoms with E-state index >= 15 is 0 Å². The molecule has 0 radical (unpaired) electrons. The van der Waals surface area contributed by atoms with Gasteiger partial charge in [-0.2, -0.15) is 5.10 Å². The molecule has 4 N–H and O–H groups in total. The van der Waals surface area contributed by atoms with Crippen LogP contribution in [0.2, 0.25) is 0 Å². The summed E-state index contributed by atoms with van der Waals surface area (Å²) in [5, 5.41) is 7.37. The van der Waals surface area contributed by atoms with Crippen molar-refractivity contribution in [1.29, 1.82) is 0 Å². The van der Waals surface area contributed by atoms with Crippen LogP contribution in [0.4, 0.5) is 17.3 Å². The third kappa shape index (κ3) is 2.18. The number of hydrazine groups is 1. The van der Waals surface area contributed by atoms with Crippen LogP contribution < -0.4 is 21.3 Å². The number of hydrogen-bond donors (Lipinski definition) is 3. The number of rotatable bonds is 4. The quantitative estimate of drug-likeness (QED) is 0.537. The van der Waals surface area contributed by atoms with Crippen LogP contribution in [0.25, 0.3) is 0 Å². The summed E-state index contributed by atoms with van der Waals surface area (Å²) in [6.07, 6.45) is 3.25. The Morgan fingerprint density at radius 1 is 1.33 bits per heavy atom. The second-order valence-electron chi connectivity index (χ2n) is 3.68. The Balaban J connectivity index is 2.37. The molecule has 8 nitrogen and oxygen atoms in total. The number of hydrogen-bond acceptors (Lipinski definition) is 7. The standard InChI is InChI=1S/C10H15N7O/c1-6-7(4-17(2)16-6)14-9-8(18-3)10(15-11)13-5-12-9/h4-5H,11H2,1-3H3,(H2,12,13,14,15). The van der Waals surface area contributed by atoms with Crippen molar-refractivity contribution < 1.29 is 4.74 Å². The topological polar surface area (TPSA) is 103 Å². The molecule has 2 aromatic heterocycles. The number of ether oxygens (including phenoxy) is 1. The first-order valence-corrected chi connectivity index (χ1v) is 5.28. The zero-order valence-electron chi connectivity index (χ0n) is 10.4. The van der Waals surface area contributed by atoms with Gasteiger partial charge in [0.2, 0.25) is 5.75 Å². The molecule has 0 fully saturated rings. The van der Waals surface area contributed by atoms with Gasteiger partial charge in [-0.05, 0) is 6.92 Å². The Morgan fingerprint density at radius 3 is 2.61 bits per heavy atom. The summed E-state index contributed by atoms with van der Waals surface area (Å²) in [6.45, 7) is 1.90. The van der Waals surface area contributed by atoms with E-state index in [9.17, 15) is 0 Å². The molecule has 2 rings (SSSR count). The van der Waals surface area contributed by atoms with Crippen molar-refractivity contribution >= 4 is 17.3 Å². The highest BCUT2D eigenvalue weighted by atomic mass is 16.5. The van der Waals surface area contributed by atoms with Crippen molar-refractivity contribution in [2.45, 2.75) is 6.92 Å². The van der Waals surface area contributed by atoms with Crippen molar-refractivity contribution in [3.05, 3.63) is 18.2 Å². The molecule has 18 heavy (non-hydrogen) atoms. The first-order chi connectivity index (χ1) is 8.65. The SMILES string of the molecule is COc1c(NN)ncnc1Nc1cn(C)nc1C. The second kappa shape index (κ2) is 4.88. The number of nitrogen functional groups attached to an aromatic ring is 1. The van der Waals surface area contributed by atoms with Gasteiger partial charge in [-0.3, -0.25) is 4.68 Å². The van der Waals surface area contributed by atoms with E-state index in [1.807, 2.05) is 20.2 Å². The zero-order chi connectivity index (χ0) is 13.1. The van der Waals surface area contributed by atoms with Crippen molar-refractivity contribution in [1.82, 2.24) is 19.7 Å². The molecule has 0 aliphatic heterocycles. The highest BCUT2D eigenvalue weighted by Gasteiger charge is 2.13. The summed E-state index contributed by atoms with van der Waals surface area (Å²) in [4.78, 5) is 8.09. The van der Waals surface area contributed by atoms with Gasteiger partial charge in [0, 0.05) is 13.2 Å². The normalized spacial score (nSPS) is 10.2. The summed E-state index contributed by atoms with van der Waals surface area (Å²) in [5.41, 5.74) is 4.16. The summed E-state index contributed by atoms with van der Waals surface area (Å²) in [6, 6.07) is 0. The lowest BCUT2D eigenvalue weighted by Crippen LogP contribution is -2.11. The van der Waals surface area contributed by atoms with Gasteiger partial charge in [-0.1, -0.05) is 0 Å². The third-order valence-corrected chi connectivity index (χ3v) is 2.41. The predicted molar refractivity (Wildman–Crippen MR) is 67.6 cm³/mol. The summed E-state index contributed by atoms with van der Waals surface area (Å²) >= 11 is 0. The molecule has 8 heteroatoms. The highest BCUT2D eigenvalue weighted by molar-refractivity contribution is 5.69. The van der Waals surface area contributed by atoms with Crippen LogP contribution in [0.5, 0.6) is 5.75 Å². The molecule has 0 bridgehead atoms. The lowest BCUT2D eigenvalue weighted by Gasteiger charge is -2.11. The van der Waals surface area contributed by atoms with Gasteiger partial charge < -0.3 is 15.5 Å². The number of nitrogens with two attached hydrogens (primary N) is 1. The lowest BCUT2D eigenvalue weighted by molar-refractivity contribution is 0.415. The first-order valence-electron chi connectivity index (χ1n) is 5.28.